The number of amides is 1. The number of likely N-dealkylation sites (tertiary alicyclic amines) is 1. The van der Waals surface area contributed by atoms with E-state index in [1.54, 1.807) is 14.2 Å². The summed E-state index contributed by atoms with van der Waals surface area (Å²) in [7, 11) is 3.24. The number of carbonyl (C=O) groups excluding carboxylic acids is 1. The zero-order chi connectivity index (χ0) is 22.4. The highest BCUT2D eigenvalue weighted by Crippen LogP contribution is 2.35. The van der Waals surface area contributed by atoms with Gasteiger partial charge in [0.25, 0.3) is 5.91 Å². The third-order valence-corrected chi connectivity index (χ3v) is 7.29. The summed E-state index contributed by atoms with van der Waals surface area (Å²) in [5.41, 5.74) is 1.72. The van der Waals surface area contributed by atoms with Crippen molar-refractivity contribution in [2.45, 2.75) is 52.5 Å². The molecule has 2 heterocycles. The molecule has 0 N–H and O–H groups in total. The van der Waals surface area contributed by atoms with E-state index < -0.39 is 0 Å². The third-order valence-electron chi connectivity index (χ3n) is 6.09. The second-order valence-corrected chi connectivity index (χ2v) is 9.01. The van der Waals surface area contributed by atoms with Crippen molar-refractivity contribution in [1.82, 2.24) is 14.8 Å². The van der Waals surface area contributed by atoms with E-state index in [-0.39, 0.29) is 5.91 Å². The molecule has 0 spiro atoms. The van der Waals surface area contributed by atoms with Gasteiger partial charge in [0.1, 0.15) is 9.88 Å². The highest BCUT2D eigenvalue weighted by atomic mass is 32.1. The Balaban J connectivity index is 1.69. The van der Waals surface area contributed by atoms with Crippen LogP contribution in [0.15, 0.2) is 18.2 Å². The second-order valence-electron chi connectivity index (χ2n) is 8.01. The first kappa shape index (κ1) is 23.5. The number of nitrogens with zero attached hydrogens (tertiary/aromatic N) is 3. The molecule has 3 rings (SSSR count). The van der Waals surface area contributed by atoms with Gasteiger partial charge in [0.15, 0.2) is 11.5 Å². The molecule has 0 atom stereocenters. The molecule has 31 heavy (non-hydrogen) atoms. The first-order valence-corrected chi connectivity index (χ1v) is 12.1. The minimum absolute atomic E-state index is 0.108. The molecular formula is C24H35N3O3S. The summed E-state index contributed by atoms with van der Waals surface area (Å²) < 4.78 is 10.7. The molecule has 0 bridgehead atoms. The fourth-order valence-electron chi connectivity index (χ4n) is 4.23. The van der Waals surface area contributed by atoms with E-state index in [4.69, 9.17) is 9.47 Å². The number of aryl methyl sites for hydroxylation is 1. The van der Waals surface area contributed by atoms with Crippen LogP contribution in [0.25, 0.3) is 10.6 Å². The van der Waals surface area contributed by atoms with Gasteiger partial charge in [-0.1, -0.05) is 20.3 Å². The van der Waals surface area contributed by atoms with Crippen LogP contribution < -0.4 is 9.47 Å². The maximum absolute atomic E-state index is 13.2. The van der Waals surface area contributed by atoms with Crippen molar-refractivity contribution in [3.63, 3.8) is 0 Å². The van der Waals surface area contributed by atoms with Gasteiger partial charge in [0.2, 0.25) is 0 Å². The lowest BCUT2D eigenvalue weighted by molar-refractivity contribution is 0.0627. The standard InChI is InChI=1S/C24H35N3O3S/c1-6-8-13-26(7-2)19-11-14-27(15-12-19)24(28)22-17(3)25-23(31-22)18-9-10-20(29-4)21(16-18)30-5/h9-10,16,19H,6-8,11-15H2,1-5H3. The molecule has 1 fully saturated rings. The fourth-order valence-corrected chi connectivity index (χ4v) is 5.26. The van der Waals surface area contributed by atoms with Crippen LogP contribution in [-0.2, 0) is 0 Å². The van der Waals surface area contributed by atoms with Crippen LogP contribution in [0, 0.1) is 6.92 Å². The molecule has 6 nitrogen and oxygen atoms in total. The molecule has 0 radical (unpaired) electrons. The smallest absolute Gasteiger partial charge is 0.265 e. The van der Waals surface area contributed by atoms with Gasteiger partial charge in [0.05, 0.1) is 19.9 Å². The molecule has 2 aromatic rings. The number of hydrogen-bond donors (Lipinski definition) is 0. The van der Waals surface area contributed by atoms with Crippen LogP contribution in [0.2, 0.25) is 0 Å². The molecule has 0 unspecified atom stereocenters. The number of carbonyl (C=O) groups is 1. The molecule has 1 aliphatic rings. The average molecular weight is 446 g/mol. The number of thiazole rings is 1. The van der Waals surface area contributed by atoms with Crippen LogP contribution >= 0.6 is 11.3 Å². The number of piperidine rings is 1. The molecule has 170 valence electrons. The van der Waals surface area contributed by atoms with Crippen molar-refractivity contribution in [2.75, 3.05) is 40.4 Å². The zero-order valence-corrected chi connectivity index (χ0v) is 20.3. The van der Waals surface area contributed by atoms with Crippen molar-refractivity contribution in [3.8, 4) is 22.1 Å². The monoisotopic (exact) mass is 445 g/mol. The first-order valence-electron chi connectivity index (χ1n) is 11.2. The van der Waals surface area contributed by atoms with E-state index in [0.717, 1.165) is 60.2 Å². The Morgan fingerprint density at radius 3 is 2.52 bits per heavy atom. The molecule has 7 heteroatoms. The summed E-state index contributed by atoms with van der Waals surface area (Å²) in [5, 5.41) is 0.827. The van der Waals surface area contributed by atoms with Crippen molar-refractivity contribution in [3.05, 3.63) is 28.8 Å². The molecule has 1 aliphatic heterocycles. The van der Waals surface area contributed by atoms with E-state index in [9.17, 15) is 4.79 Å². The summed E-state index contributed by atoms with van der Waals surface area (Å²) in [6.07, 6.45) is 4.56. The van der Waals surface area contributed by atoms with Gasteiger partial charge in [0, 0.05) is 24.7 Å². The number of hydrogen-bond acceptors (Lipinski definition) is 6. The van der Waals surface area contributed by atoms with Gasteiger partial charge in [-0.2, -0.15) is 0 Å². The second kappa shape index (κ2) is 11.0. The fraction of sp³-hybridized carbons (Fsp3) is 0.583. The van der Waals surface area contributed by atoms with Gasteiger partial charge in [-0.3, -0.25) is 4.79 Å². The Hall–Kier alpha value is -2.12. The summed E-state index contributed by atoms with van der Waals surface area (Å²) in [6.45, 7) is 10.3. The van der Waals surface area contributed by atoms with E-state index >= 15 is 0 Å². The van der Waals surface area contributed by atoms with Crippen LogP contribution in [0.3, 0.4) is 0 Å². The number of unbranched alkanes of at least 4 members (excludes halogenated alkanes) is 1. The summed E-state index contributed by atoms with van der Waals surface area (Å²) in [4.78, 5) is 23.3. The van der Waals surface area contributed by atoms with E-state index in [0.29, 0.717) is 17.5 Å². The van der Waals surface area contributed by atoms with Crippen LogP contribution in [0.1, 0.15) is 54.9 Å². The van der Waals surface area contributed by atoms with Crippen molar-refractivity contribution >= 4 is 17.2 Å². The number of benzene rings is 1. The zero-order valence-electron chi connectivity index (χ0n) is 19.4. The van der Waals surface area contributed by atoms with E-state index in [1.807, 2.05) is 30.0 Å². The van der Waals surface area contributed by atoms with Crippen molar-refractivity contribution < 1.29 is 14.3 Å². The minimum atomic E-state index is 0.108. The predicted molar refractivity (Wildman–Crippen MR) is 126 cm³/mol. The van der Waals surface area contributed by atoms with Crippen molar-refractivity contribution in [2.24, 2.45) is 0 Å². The Morgan fingerprint density at radius 1 is 1.19 bits per heavy atom. The van der Waals surface area contributed by atoms with Crippen LogP contribution in [0.5, 0.6) is 11.5 Å². The van der Waals surface area contributed by atoms with Crippen LogP contribution in [-0.4, -0.2) is 67.1 Å². The SMILES string of the molecule is CCCCN(CC)C1CCN(C(=O)c2sc(-c3ccc(OC)c(OC)c3)nc2C)CC1. The molecule has 0 aliphatic carbocycles. The summed E-state index contributed by atoms with van der Waals surface area (Å²) in [6, 6.07) is 6.32. The Bertz CT molecular complexity index is 875. The minimum Gasteiger partial charge on any atom is -0.493 e. The lowest BCUT2D eigenvalue weighted by atomic mass is 10.0. The Labute approximate surface area is 190 Å². The number of ether oxygens (including phenoxy) is 2. The lowest BCUT2D eigenvalue weighted by Crippen LogP contribution is -2.47. The average Bonchev–Trinajstić information content (AvgIpc) is 3.20. The summed E-state index contributed by atoms with van der Waals surface area (Å²) >= 11 is 1.46. The van der Waals surface area contributed by atoms with Gasteiger partial charge in [-0.15, -0.1) is 11.3 Å². The predicted octanol–water partition coefficient (Wildman–Crippen LogP) is 4.86. The van der Waals surface area contributed by atoms with Gasteiger partial charge >= 0.3 is 0 Å². The molecule has 1 amide bonds. The van der Waals surface area contributed by atoms with E-state index in [1.165, 1.54) is 24.2 Å². The number of rotatable bonds is 9. The van der Waals surface area contributed by atoms with Gasteiger partial charge in [-0.25, -0.2) is 4.98 Å². The largest absolute Gasteiger partial charge is 0.493 e. The highest BCUT2D eigenvalue weighted by molar-refractivity contribution is 7.17. The highest BCUT2D eigenvalue weighted by Gasteiger charge is 2.28. The number of aromatic nitrogens is 1. The molecule has 1 aromatic carbocycles. The third kappa shape index (κ3) is 5.39. The maximum atomic E-state index is 13.2. The Morgan fingerprint density at radius 2 is 1.90 bits per heavy atom. The summed E-state index contributed by atoms with van der Waals surface area (Å²) in [5.74, 6) is 1.45. The van der Waals surface area contributed by atoms with Crippen LogP contribution in [0.4, 0.5) is 0 Å². The van der Waals surface area contributed by atoms with E-state index in [2.05, 4.69) is 23.7 Å². The molecular weight excluding hydrogens is 410 g/mol. The lowest BCUT2D eigenvalue weighted by Gasteiger charge is -2.38. The maximum Gasteiger partial charge on any atom is 0.265 e. The topological polar surface area (TPSA) is 54.9 Å². The van der Waals surface area contributed by atoms with Gasteiger partial charge < -0.3 is 19.3 Å². The normalized spacial score (nSPS) is 14.8. The number of methoxy groups -OCH3 is 2. The molecule has 1 saturated heterocycles. The quantitative estimate of drug-likeness (QED) is 0.552. The van der Waals surface area contributed by atoms with Crippen molar-refractivity contribution in [1.29, 1.82) is 0 Å². The molecule has 0 saturated carbocycles. The Kier molecular flexibility index (Phi) is 8.32. The first-order chi connectivity index (χ1) is 15.0. The van der Waals surface area contributed by atoms with Gasteiger partial charge in [-0.05, 0) is 57.5 Å². The molecule has 1 aromatic heterocycles.